The molecular weight excluding hydrogens is 471 g/mol. The first-order valence-electron chi connectivity index (χ1n) is 11.4. The van der Waals surface area contributed by atoms with Crippen molar-refractivity contribution in [2.45, 2.75) is 31.9 Å². The maximum atomic E-state index is 13.6. The van der Waals surface area contributed by atoms with Gasteiger partial charge in [-0.3, -0.25) is 4.79 Å². The number of halogens is 4. The molecule has 2 aliphatic heterocycles. The second-order valence-electron chi connectivity index (χ2n) is 8.61. The quantitative estimate of drug-likeness (QED) is 0.541. The fourth-order valence-electron chi connectivity index (χ4n) is 4.17. The van der Waals surface area contributed by atoms with E-state index in [9.17, 15) is 18.0 Å². The Morgan fingerprint density at radius 2 is 2.03 bits per heavy atom. The third-order valence-corrected chi connectivity index (χ3v) is 6.45. The van der Waals surface area contributed by atoms with Crippen LogP contribution in [0.1, 0.15) is 31.2 Å². The fourth-order valence-corrected chi connectivity index (χ4v) is 4.37. The average Bonchev–Trinajstić information content (AvgIpc) is 2.84. The average molecular weight is 498 g/mol. The van der Waals surface area contributed by atoms with Crippen LogP contribution in [0.3, 0.4) is 0 Å². The Labute approximate surface area is 200 Å². The van der Waals surface area contributed by atoms with Crippen LogP contribution in [-0.4, -0.2) is 48.7 Å². The molecule has 34 heavy (non-hydrogen) atoms. The fraction of sp³-hybridized carbons (Fsp3) is 0.522. The van der Waals surface area contributed by atoms with Crippen molar-refractivity contribution < 1.29 is 22.7 Å². The number of piperidine rings is 1. The molecule has 11 heteroatoms. The molecule has 0 aliphatic carbocycles. The number of ether oxygens (including phenoxy) is 1. The smallest absolute Gasteiger partial charge is 0.381 e. The van der Waals surface area contributed by atoms with Crippen LogP contribution >= 0.6 is 11.6 Å². The summed E-state index contributed by atoms with van der Waals surface area (Å²) in [5, 5.41) is 9.08. The monoisotopic (exact) mass is 497 g/mol. The lowest BCUT2D eigenvalue weighted by Crippen LogP contribution is -2.37. The molecule has 2 fully saturated rings. The Morgan fingerprint density at radius 1 is 1.24 bits per heavy atom. The van der Waals surface area contributed by atoms with Crippen LogP contribution in [0.25, 0.3) is 11.3 Å². The SMILES string of the molecule is O=C(Nc1cc(-c2ccc(C(F)(F)F)c(NCC3CCOCC3)n2)c(Cl)cn1)[C@@H]1CCCNC1. The first-order chi connectivity index (χ1) is 16.3. The number of hydrogen-bond donors (Lipinski definition) is 3. The van der Waals surface area contributed by atoms with Crippen molar-refractivity contribution >= 4 is 29.1 Å². The molecule has 2 aromatic heterocycles. The van der Waals surface area contributed by atoms with E-state index >= 15 is 0 Å². The molecule has 7 nitrogen and oxygen atoms in total. The van der Waals surface area contributed by atoms with Crippen LogP contribution in [0, 0.1) is 11.8 Å². The number of pyridine rings is 2. The highest BCUT2D eigenvalue weighted by atomic mass is 35.5. The van der Waals surface area contributed by atoms with Gasteiger partial charge in [0.25, 0.3) is 0 Å². The summed E-state index contributed by atoms with van der Waals surface area (Å²) >= 11 is 6.32. The van der Waals surface area contributed by atoms with Crippen LogP contribution < -0.4 is 16.0 Å². The highest BCUT2D eigenvalue weighted by Gasteiger charge is 2.35. The maximum Gasteiger partial charge on any atom is 0.419 e. The van der Waals surface area contributed by atoms with E-state index in [1.54, 1.807) is 0 Å². The lowest BCUT2D eigenvalue weighted by molar-refractivity contribution is -0.137. The molecule has 1 atom stereocenters. The standard InChI is InChI=1S/C23H27ClF3N5O2/c24-18-13-29-20(32-22(33)15-2-1-7-28-12-15)10-16(18)19-4-3-17(23(25,26)27)21(31-19)30-11-14-5-8-34-9-6-14/h3-4,10,13-15,28H,1-2,5-9,11-12H2,(H,30,31)(H,29,32,33)/t15-/m1/s1. The largest absolute Gasteiger partial charge is 0.419 e. The van der Waals surface area contributed by atoms with E-state index in [0.717, 1.165) is 38.3 Å². The first kappa shape index (κ1) is 24.7. The predicted molar refractivity (Wildman–Crippen MR) is 124 cm³/mol. The van der Waals surface area contributed by atoms with Crippen molar-refractivity contribution in [1.29, 1.82) is 0 Å². The number of hydrogen-bond acceptors (Lipinski definition) is 6. The zero-order valence-corrected chi connectivity index (χ0v) is 19.3. The van der Waals surface area contributed by atoms with Crippen molar-refractivity contribution in [3.63, 3.8) is 0 Å². The zero-order valence-electron chi connectivity index (χ0n) is 18.6. The molecular formula is C23H27ClF3N5O2. The third kappa shape index (κ3) is 6.17. The van der Waals surface area contributed by atoms with Crippen LogP contribution in [0.5, 0.6) is 0 Å². The van der Waals surface area contributed by atoms with E-state index in [2.05, 4.69) is 25.9 Å². The van der Waals surface area contributed by atoms with E-state index in [4.69, 9.17) is 16.3 Å². The molecule has 0 saturated carbocycles. The zero-order chi connectivity index (χ0) is 24.1. The second-order valence-corrected chi connectivity index (χ2v) is 9.02. The molecule has 0 radical (unpaired) electrons. The molecule has 0 aromatic carbocycles. The minimum absolute atomic E-state index is 0.160. The summed E-state index contributed by atoms with van der Waals surface area (Å²) in [5.41, 5.74) is -0.201. The number of anilines is 2. The number of carbonyl (C=O) groups excluding carboxylic acids is 1. The molecule has 0 spiro atoms. The van der Waals surface area contributed by atoms with Crippen molar-refractivity contribution in [1.82, 2.24) is 15.3 Å². The van der Waals surface area contributed by atoms with E-state index in [0.29, 0.717) is 31.9 Å². The summed E-state index contributed by atoms with van der Waals surface area (Å²) in [7, 11) is 0. The molecule has 1 amide bonds. The summed E-state index contributed by atoms with van der Waals surface area (Å²) in [5.74, 6) is -0.0930. The molecule has 0 bridgehead atoms. The number of aromatic nitrogens is 2. The Balaban J connectivity index is 1.57. The summed E-state index contributed by atoms with van der Waals surface area (Å²) in [6, 6.07) is 3.81. The van der Waals surface area contributed by atoms with Gasteiger partial charge in [-0.1, -0.05) is 11.6 Å². The van der Waals surface area contributed by atoms with Crippen LogP contribution in [-0.2, 0) is 15.7 Å². The van der Waals surface area contributed by atoms with Crippen LogP contribution in [0.2, 0.25) is 5.02 Å². The van der Waals surface area contributed by atoms with Gasteiger partial charge < -0.3 is 20.7 Å². The van der Waals surface area contributed by atoms with Gasteiger partial charge in [-0.15, -0.1) is 0 Å². The summed E-state index contributed by atoms with van der Waals surface area (Å²) in [6.07, 6.45) is 0.0604. The summed E-state index contributed by atoms with van der Waals surface area (Å²) in [4.78, 5) is 21.0. The van der Waals surface area contributed by atoms with E-state index in [1.807, 2.05) is 0 Å². The van der Waals surface area contributed by atoms with Gasteiger partial charge in [0, 0.05) is 38.1 Å². The first-order valence-corrected chi connectivity index (χ1v) is 11.8. The van der Waals surface area contributed by atoms with E-state index in [1.165, 1.54) is 18.3 Å². The molecule has 0 unspecified atom stereocenters. The van der Waals surface area contributed by atoms with Gasteiger partial charge in [-0.25, -0.2) is 9.97 Å². The van der Waals surface area contributed by atoms with Crippen LogP contribution in [0.15, 0.2) is 24.4 Å². The van der Waals surface area contributed by atoms with Crippen molar-refractivity contribution in [3.05, 3.63) is 35.0 Å². The van der Waals surface area contributed by atoms with Crippen molar-refractivity contribution in [2.75, 3.05) is 43.5 Å². The molecule has 3 N–H and O–H groups in total. The van der Waals surface area contributed by atoms with Gasteiger partial charge in [-0.05, 0) is 56.3 Å². The minimum atomic E-state index is -4.56. The van der Waals surface area contributed by atoms with Gasteiger partial charge in [-0.2, -0.15) is 13.2 Å². The molecule has 2 aromatic rings. The Morgan fingerprint density at radius 3 is 2.74 bits per heavy atom. The summed E-state index contributed by atoms with van der Waals surface area (Å²) < 4.78 is 46.2. The third-order valence-electron chi connectivity index (χ3n) is 6.15. The minimum Gasteiger partial charge on any atom is -0.381 e. The predicted octanol–water partition coefficient (Wildman–Crippen LogP) is 4.59. The maximum absolute atomic E-state index is 13.6. The Hall–Kier alpha value is -2.43. The van der Waals surface area contributed by atoms with Gasteiger partial charge in [0.1, 0.15) is 11.6 Å². The highest BCUT2D eigenvalue weighted by molar-refractivity contribution is 6.33. The molecule has 184 valence electrons. The number of nitrogens with one attached hydrogen (secondary N) is 3. The Kier molecular flexibility index (Phi) is 7.90. The van der Waals surface area contributed by atoms with Crippen molar-refractivity contribution in [2.24, 2.45) is 11.8 Å². The number of rotatable bonds is 6. The molecule has 2 saturated heterocycles. The molecule has 4 heterocycles. The lowest BCUT2D eigenvalue weighted by Gasteiger charge is -2.23. The summed E-state index contributed by atoms with van der Waals surface area (Å²) in [6.45, 7) is 3.05. The van der Waals surface area contributed by atoms with E-state index in [-0.39, 0.29) is 40.1 Å². The normalized spacial score (nSPS) is 19.6. The van der Waals surface area contributed by atoms with Gasteiger partial charge >= 0.3 is 6.18 Å². The molecule has 2 aliphatic rings. The van der Waals surface area contributed by atoms with Crippen LogP contribution in [0.4, 0.5) is 24.8 Å². The topological polar surface area (TPSA) is 88.2 Å². The van der Waals surface area contributed by atoms with Crippen molar-refractivity contribution in [3.8, 4) is 11.3 Å². The number of amides is 1. The van der Waals surface area contributed by atoms with Gasteiger partial charge in [0.2, 0.25) is 5.91 Å². The van der Waals surface area contributed by atoms with E-state index < -0.39 is 11.7 Å². The number of alkyl halides is 3. The second kappa shape index (κ2) is 10.9. The Bertz CT molecular complexity index is 1010. The molecule has 4 rings (SSSR count). The highest BCUT2D eigenvalue weighted by Crippen LogP contribution is 2.37. The van der Waals surface area contributed by atoms with Gasteiger partial charge in [0.05, 0.1) is 22.2 Å². The number of nitrogens with zero attached hydrogens (tertiary/aromatic N) is 2. The lowest BCUT2D eigenvalue weighted by atomic mass is 9.99. The number of carbonyl (C=O) groups is 1. The van der Waals surface area contributed by atoms with Gasteiger partial charge in [0.15, 0.2) is 0 Å².